The van der Waals surface area contributed by atoms with Gasteiger partial charge in [-0.3, -0.25) is 29.2 Å². The molecule has 0 saturated carbocycles. The lowest BCUT2D eigenvalue weighted by Gasteiger charge is -2.11. The standard InChI is InChI=1S/C21H17N3O6S/c25-21(22-16-9-5-2-6-10-16)13-18-19(24(28)29)11-17(23(26)27)12-20(18)31(30)14-15-7-3-1-4-8-15/h1-12H,13-14H2,(H,22,25). The fraction of sp³-hybridized carbons (Fsp3) is 0.0952. The van der Waals surface area contributed by atoms with Gasteiger partial charge in [-0.1, -0.05) is 48.5 Å². The number of nitro groups is 2. The van der Waals surface area contributed by atoms with E-state index in [0.717, 1.165) is 12.1 Å². The molecule has 3 rings (SSSR count). The number of non-ortho nitro benzene ring substituents is 1. The molecule has 0 aliphatic carbocycles. The van der Waals surface area contributed by atoms with Crippen LogP contribution in [0.5, 0.6) is 0 Å². The molecule has 1 atom stereocenters. The van der Waals surface area contributed by atoms with Crippen LogP contribution in [0.2, 0.25) is 0 Å². The molecule has 0 heterocycles. The summed E-state index contributed by atoms with van der Waals surface area (Å²) >= 11 is 0. The minimum Gasteiger partial charge on any atom is -0.326 e. The monoisotopic (exact) mass is 439 g/mol. The first kappa shape index (κ1) is 21.8. The Morgan fingerprint density at radius 1 is 0.903 bits per heavy atom. The molecule has 3 aromatic rings. The molecule has 0 aromatic heterocycles. The number of nitro benzene ring substituents is 2. The molecule has 9 nitrogen and oxygen atoms in total. The normalized spacial score (nSPS) is 11.5. The van der Waals surface area contributed by atoms with Crippen LogP contribution >= 0.6 is 0 Å². The number of hydrogen-bond acceptors (Lipinski definition) is 6. The van der Waals surface area contributed by atoms with Crippen LogP contribution in [0, 0.1) is 20.2 Å². The Hall–Kier alpha value is -3.92. The van der Waals surface area contributed by atoms with Crippen molar-refractivity contribution in [3.63, 3.8) is 0 Å². The lowest BCUT2D eigenvalue weighted by molar-refractivity contribution is -0.394. The van der Waals surface area contributed by atoms with Crippen LogP contribution in [-0.4, -0.2) is 20.0 Å². The quantitative estimate of drug-likeness (QED) is 0.417. The number of carbonyl (C=O) groups is 1. The van der Waals surface area contributed by atoms with Gasteiger partial charge in [-0.05, 0) is 17.7 Å². The summed E-state index contributed by atoms with van der Waals surface area (Å²) in [6, 6.07) is 19.0. The summed E-state index contributed by atoms with van der Waals surface area (Å²) in [5.74, 6) is -0.576. The third kappa shape index (κ3) is 5.58. The van der Waals surface area contributed by atoms with Crippen molar-refractivity contribution in [1.82, 2.24) is 0 Å². The smallest absolute Gasteiger partial charge is 0.281 e. The van der Waals surface area contributed by atoms with Crippen LogP contribution in [0.15, 0.2) is 77.7 Å². The van der Waals surface area contributed by atoms with Gasteiger partial charge in [-0.25, -0.2) is 0 Å². The van der Waals surface area contributed by atoms with Crippen LogP contribution in [0.4, 0.5) is 17.1 Å². The lowest BCUT2D eigenvalue weighted by Crippen LogP contribution is -2.17. The molecule has 3 aromatic carbocycles. The van der Waals surface area contributed by atoms with E-state index in [4.69, 9.17) is 0 Å². The van der Waals surface area contributed by atoms with Gasteiger partial charge in [0, 0.05) is 11.8 Å². The van der Waals surface area contributed by atoms with Crippen molar-refractivity contribution in [3.8, 4) is 0 Å². The van der Waals surface area contributed by atoms with Crippen LogP contribution in [0.3, 0.4) is 0 Å². The number of benzene rings is 3. The Balaban J connectivity index is 2.01. The highest BCUT2D eigenvalue weighted by Crippen LogP contribution is 2.32. The largest absolute Gasteiger partial charge is 0.326 e. The first-order valence-electron chi connectivity index (χ1n) is 9.08. The summed E-state index contributed by atoms with van der Waals surface area (Å²) in [5, 5.41) is 25.5. The van der Waals surface area contributed by atoms with E-state index in [0.29, 0.717) is 11.3 Å². The molecule has 1 amide bonds. The topological polar surface area (TPSA) is 132 Å². The minimum absolute atomic E-state index is 0.00747. The number of carbonyl (C=O) groups excluding carboxylic acids is 1. The van der Waals surface area contributed by atoms with E-state index >= 15 is 0 Å². The van der Waals surface area contributed by atoms with Gasteiger partial charge in [0.2, 0.25) is 5.91 Å². The molecular weight excluding hydrogens is 422 g/mol. The number of nitrogens with zero attached hydrogens (tertiary/aromatic N) is 2. The average Bonchev–Trinajstić information content (AvgIpc) is 2.74. The molecule has 0 fully saturated rings. The van der Waals surface area contributed by atoms with E-state index in [1.165, 1.54) is 0 Å². The van der Waals surface area contributed by atoms with Crippen molar-refractivity contribution in [2.75, 3.05) is 5.32 Å². The number of rotatable bonds is 8. The predicted molar refractivity (Wildman–Crippen MR) is 115 cm³/mol. The lowest BCUT2D eigenvalue weighted by atomic mass is 10.1. The summed E-state index contributed by atoms with van der Waals surface area (Å²) in [7, 11) is -1.85. The van der Waals surface area contributed by atoms with Crippen LogP contribution in [-0.2, 0) is 27.8 Å². The van der Waals surface area contributed by atoms with E-state index in [2.05, 4.69) is 5.32 Å². The van der Waals surface area contributed by atoms with Crippen LogP contribution in [0.1, 0.15) is 11.1 Å². The van der Waals surface area contributed by atoms with Gasteiger partial charge in [0.25, 0.3) is 11.4 Å². The van der Waals surface area contributed by atoms with E-state index in [-0.39, 0.29) is 16.2 Å². The SMILES string of the molecule is O=C(Cc1c([N+](=O)[O-])cc([N+](=O)[O-])cc1S(=O)Cc1ccccc1)Nc1ccccc1. The third-order valence-corrected chi connectivity index (χ3v) is 5.81. The predicted octanol–water partition coefficient (Wildman–Crippen LogP) is 3.99. The zero-order valence-electron chi connectivity index (χ0n) is 16.1. The zero-order valence-corrected chi connectivity index (χ0v) is 16.9. The third-order valence-electron chi connectivity index (χ3n) is 4.36. The van der Waals surface area contributed by atoms with Gasteiger partial charge in [-0.2, -0.15) is 0 Å². The summed E-state index contributed by atoms with van der Waals surface area (Å²) in [5.41, 5.74) is -0.110. The number of hydrogen-bond donors (Lipinski definition) is 1. The van der Waals surface area contributed by atoms with E-state index in [1.807, 2.05) is 0 Å². The van der Waals surface area contributed by atoms with E-state index < -0.39 is 44.3 Å². The second-order valence-electron chi connectivity index (χ2n) is 6.52. The van der Waals surface area contributed by atoms with Crippen molar-refractivity contribution in [2.45, 2.75) is 17.1 Å². The summed E-state index contributed by atoms with van der Waals surface area (Å²) in [6.45, 7) is 0. The van der Waals surface area contributed by atoms with Crippen molar-refractivity contribution in [1.29, 1.82) is 0 Å². The number of nitrogens with one attached hydrogen (secondary N) is 1. The van der Waals surface area contributed by atoms with Gasteiger partial charge in [0.15, 0.2) is 0 Å². The van der Waals surface area contributed by atoms with Gasteiger partial charge in [-0.15, -0.1) is 0 Å². The molecule has 1 N–H and O–H groups in total. The average molecular weight is 439 g/mol. The first-order chi connectivity index (χ1) is 14.8. The minimum atomic E-state index is -1.85. The molecule has 31 heavy (non-hydrogen) atoms. The van der Waals surface area contributed by atoms with Gasteiger partial charge < -0.3 is 5.32 Å². The molecule has 0 spiro atoms. The highest BCUT2D eigenvalue weighted by atomic mass is 32.2. The molecule has 1 unspecified atom stereocenters. The molecular formula is C21H17N3O6S. The van der Waals surface area contributed by atoms with Crippen molar-refractivity contribution in [3.05, 3.63) is 104 Å². The fourth-order valence-corrected chi connectivity index (χ4v) is 4.31. The molecule has 0 bridgehead atoms. The molecule has 10 heteroatoms. The Labute approximate surface area is 179 Å². The van der Waals surface area contributed by atoms with Crippen molar-refractivity contribution >= 4 is 33.8 Å². The van der Waals surface area contributed by atoms with Crippen LogP contribution < -0.4 is 5.32 Å². The second kappa shape index (κ2) is 9.72. The zero-order chi connectivity index (χ0) is 22.4. The highest BCUT2D eigenvalue weighted by Gasteiger charge is 2.28. The molecule has 0 aliphatic heterocycles. The fourth-order valence-electron chi connectivity index (χ4n) is 2.96. The Bertz CT molecular complexity index is 1150. The Morgan fingerprint density at radius 3 is 2.10 bits per heavy atom. The Kier molecular flexibility index (Phi) is 6.83. The molecule has 0 radical (unpaired) electrons. The van der Waals surface area contributed by atoms with Gasteiger partial charge in [0.05, 0.1) is 49.3 Å². The Morgan fingerprint density at radius 2 is 1.52 bits per heavy atom. The number of anilines is 1. The number of para-hydroxylation sites is 1. The molecule has 0 saturated heterocycles. The van der Waals surface area contributed by atoms with Crippen LogP contribution in [0.25, 0.3) is 0 Å². The van der Waals surface area contributed by atoms with Crippen molar-refractivity contribution in [2.24, 2.45) is 0 Å². The summed E-state index contributed by atoms with van der Waals surface area (Å²) in [6.07, 6.45) is -0.459. The maximum absolute atomic E-state index is 13.1. The van der Waals surface area contributed by atoms with E-state index in [1.54, 1.807) is 60.7 Å². The van der Waals surface area contributed by atoms with Crippen molar-refractivity contribution < 1.29 is 18.9 Å². The van der Waals surface area contributed by atoms with E-state index in [9.17, 15) is 29.2 Å². The molecule has 158 valence electrons. The first-order valence-corrected chi connectivity index (χ1v) is 10.4. The summed E-state index contributed by atoms with van der Waals surface area (Å²) < 4.78 is 13.1. The second-order valence-corrected chi connectivity index (χ2v) is 7.94. The molecule has 0 aliphatic rings. The maximum Gasteiger partial charge on any atom is 0.281 e. The van der Waals surface area contributed by atoms with Gasteiger partial charge >= 0.3 is 0 Å². The maximum atomic E-state index is 13.1. The van der Waals surface area contributed by atoms with Gasteiger partial charge in [0.1, 0.15) is 0 Å². The number of amides is 1. The summed E-state index contributed by atoms with van der Waals surface area (Å²) in [4.78, 5) is 33.8. The highest BCUT2D eigenvalue weighted by molar-refractivity contribution is 7.84.